The van der Waals surface area contributed by atoms with Crippen LogP contribution in [0.2, 0.25) is 0 Å². The molecule has 0 spiro atoms. The maximum absolute atomic E-state index is 12.8. The van der Waals surface area contributed by atoms with Crippen molar-refractivity contribution < 1.29 is 17.7 Å². The smallest absolute Gasteiger partial charge is 0.258 e. The van der Waals surface area contributed by atoms with Crippen LogP contribution in [0.4, 0.5) is 11.4 Å². The molecule has 0 saturated carbocycles. The first kappa shape index (κ1) is 17.5. The van der Waals surface area contributed by atoms with E-state index >= 15 is 0 Å². The van der Waals surface area contributed by atoms with Crippen LogP contribution in [0.3, 0.4) is 0 Å². The first-order valence-corrected chi connectivity index (χ1v) is 9.79. The van der Waals surface area contributed by atoms with Crippen LogP contribution in [-0.2, 0) is 16.4 Å². The molecule has 1 aromatic heterocycles. The van der Waals surface area contributed by atoms with Gasteiger partial charge in [-0.3, -0.25) is 9.10 Å². The Bertz CT molecular complexity index is 929. The van der Waals surface area contributed by atoms with Gasteiger partial charge in [0.25, 0.3) is 5.91 Å². The molecular weight excluding hydrogens is 342 g/mol. The minimum atomic E-state index is -3.34. The summed E-state index contributed by atoms with van der Waals surface area (Å²) < 4.78 is 30.5. The van der Waals surface area contributed by atoms with Crippen LogP contribution in [0.1, 0.15) is 34.3 Å². The highest BCUT2D eigenvalue weighted by molar-refractivity contribution is 7.92. The molecular formula is C17H21N3O4S. The maximum Gasteiger partial charge on any atom is 0.258 e. The molecule has 2 aromatic rings. The van der Waals surface area contributed by atoms with Crippen LogP contribution in [0.5, 0.6) is 0 Å². The summed E-state index contributed by atoms with van der Waals surface area (Å²) in [6.07, 6.45) is 1.78. The van der Waals surface area contributed by atoms with Crippen molar-refractivity contribution in [3.63, 3.8) is 0 Å². The Morgan fingerprint density at radius 2 is 2.04 bits per heavy atom. The number of aryl methyl sites for hydroxylation is 2. The Labute approximate surface area is 147 Å². The van der Waals surface area contributed by atoms with E-state index in [2.05, 4.69) is 5.16 Å². The molecule has 1 aliphatic heterocycles. The molecule has 1 aromatic carbocycles. The predicted molar refractivity (Wildman–Crippen MR) is 95.6 cm³/mol. The highest BCUT2D eigenvalue weighted by Gasteiger charge is 2.33. The van der Waals surface area contributed by atoms with E-state index < -0.39 is 10.0 Å². The molecule has 8 heteroatoms. The standard InChI is InChI=1S/C17H21N3O4S/c1-10-8-14-9-13(6-7-15(14)20(10)25(5,22)23)17(21)19(4)16-11(2)18-24-12(16)3/h6-7,9-10H,8H2,1-5H3/t10-/m1/s1. The summed E-state index contributed by atoms with van der Waals surface area (Å²) in [5.74, 6) is 0.383. The molecule has 7 nitrogen and oxygen atoms in total. The summed E-state index contributed by atoms with van der Waals surface area (Å²) in [7, 11) is -1.67. The summed E-state index contributed by atoms with van der Waals surface area (Å²) in [4.78, 5) is 14.3. The summed E-state index contributed by atoms with van der Waals surface area (Å²) in [5, 5.41) is 3.88. The third-order valence-corrected chi connectivity index (χ3v) is 5.74. The van der Waals surface area contributed by atoms with E-state index in [-0.39, 0.29) is 11.9 Å². The summed E-state index contributed by atoms with van der Waals surface area (Å²) in [6.45, 7) is 5.40. The van der Waals surface area contributed by atoms with Crippen LogP contribution < -0.4 is 9.21 Å². The van der Waals surface area contributed by atoms with Gasteiger partial charge in [-0.15, -0.1) is 0 Å². The zero-order valence-electron chi connectivity index (χ0n) is 14.9. The van der Waals surface area contributed by atoms with Crippen LogP contribution >= 0.6 is 0 Å². The van der Waals surface area contributed by atoms with Gasteiger partial charge in [0.2, 0.25) is 10.0 Å². The molecule has 0 saturated heterocycles. The zero-order chi connectivity index (χ0) is 18.5. The van der Waals surface area contributed by atoms with Crippen molar-refractivity contribution in [1.29, 1.82) is 0 Å². The monoisotopic (exact) mass is 363 g/mol. The second kappa shape index (κ2) is 5.87. The maximum atomic E-state index is 12.8. The Morgan fingerprint density at radius 1 is 1.36 bits per heavy atom. The second-order valence-corrected chi connectivity index (χ2v) is 8.35. The number of aromatic nitrogens is 1. The highest BCUT2D eigenvalue weighted by Crippen LogP contribution is 2.35. The van der Waals surface area contributed by atoms with E-state index in [4.69, 9.17) is 4.52 Å². The number of anilines is 2. The van der Waals surface area contributed by atoms with Gasteiger partial charge in [-0.2, -0.15) is 0 Å². The fraction of sp³-hybridized carbons (Fsp3) is 0.412. The molecule has 0 aliphatic carbocycles. The second-order valence-electron chi connectivity index (χ2n) is 6.49. The van der Waals surface area contributed by atoms with Gasteiger partial charge in [0.15, 0.2) is 5.76 Å². The minimum absolute atomic E-state index is 0.157. The Morgan fingerprint density at radius 3 is 2.60 bits per heavy atom. The normalized spacial score (nSPS) is 16.8. The van der Waals surface area contributed by atoms with Crippen molar-refractivity contribution in [2.75, 3.05) is 22.5 Å². The van der Waals surface area contributed by atoms with Crippen molar-refractivity contribution in [1.82, 2.24) is 5.16 Å². The lowest BCUT2D eigenvalue weighted by Gasteiger charge is -2.22. The Kier molecular flexibility index (Phi) is 4.10. The molecule has 0 fully saturated rings. The Balaban J connectivity index is 1.96. The molecule has 25 heavy (non-hydrogen) atoms. The quantitative estimate of drug-likeness (QED) is 0.835. The number of carbonyl (C=O) groups excluding carboxylic acids is 1. The third-order valence-electron chi connectivity index (χ3n) is 4.47. The summed E-state index contributed by atoms with van der Waals surface area (Å²) in [6, 6.07) is 4.98. The topological polar surface area (TPSA) is 83.7 Å². The van der Waals surface area contributed by atoms with Crippen molar-refractivity contribution in [3.05, 3.63) is 40.8 Å². The lowest BCUT2D eigenvalue weighted by atomic mass is 10.1. The number of hydrogen-bond donors (Lipinski definition) is 0. The van der Waals surface area contributed by atoms with E-state index in [9.17, 15) is 13.2 Å². The molecule has 0 unspecified atom stereocenters. The van der Waals surface area contributed by atoms with Gasteiger partial charge in [-0.05, 0) is 51.0 Å². The molecule has 0 N–H and O–H groups in total. The van der Waals surface area contributed by atoms with Gasteiger partial charge >= 0.3 is 0 Å². The number of carbonyl (C=O) groups is 1. The fourth-order valence-electron chi connectivity index (χ4n) is 3.49. The SMILES string of the molecule is Cc1noc(C)c1N(C)C(=O)c1ccc2c(c1)C[C@@H](C)N2S(C)(=O)=O. The average molecular weight is 363 g/mol. The molecule has 1 amide bonds. The van der Waals surface area contributed by atoms with E-state index in [0.717, 1.165) is 5.56 Å². The molecule has 134 valence electrons. The van der Waals surface area contributed by atoms with E-state index in [1.165, 1.54) is 15.5 Å². The van der Waals surface area contributed by atoms with Crippen LogP contribution in [0.25, 0.3) is 0 Å². The van der Waals surface area contributed by atoms with Gasteiger partial charge in [-0.1, -0.05) is 5.16 Å². The van der Waals surface area contributed by atoms with Gasteiger partial charge in [-0.25, -0.2) is 8.42 Å². The molecule has 2 heterocycles. The number of sulfonamides is 1. The summed E-state index contributed by atoms with van der Waals surface area (Å²) >= 11 is 0. The number of fused-ring (bicyclic) bond motifs is 1. The molecule has 0 bridgehead atoms. The van der Waals surface area contributed by atoms with Crippen LogP contribution in [0, 0.1) is 13.8 Å². The van der Waals surface area contributed by atoms with Gasteiger partial charge < -0.3 is 9.42 Å². The predicted octanol–water partition coefficient (Wildman–Crippen LogP) is 2.28. The lowest BCUT2D eigenvalue weighted by Crippen LogP contribution is -2.34. The average Bonchev–Trinajstić information content (AvgIpc) is 3.03. The van der Waals surface area contributed by atoms with Gasteiger partial charge in [0.1, 0.15) is 11.4 Å². The van der Waals surface area contributed by atoms with E-state index in [1.807, 2.05) is 6.92 Å². The van der Waals surface area contributed by atoms with Crippen LogP contribution in [0.15, 0.2) is 22.7 Å². The van der Waals surface area contributed by atoms with Crippen LogP contribution in [-0.4, -0.2) is 38.8 Å². The molecule has 3 rings (SSSR count). The first-order chi connectivity index (χ1) is 11.6. The number of rotatable bonds is 3. The summed E-state index contributed by atoms with van der Waals surface area (Å²) in [5.41, 5.74) is 3.30. The zero-order valence-corrected chi connectivity index (χ0v) is 15.7. The highest BCUT2D eigenvalue weighted by atomic mass is 32.2. The van der Waals surface area contributed by atoms with Crippen molar-refractivity contribution in [3.8, 4) is 0 Å². The van der Waals surface area contributed by atoms with E-state index in [1.54, 1.807) is 39.1 Å². The van der Waals surface area contributed by atoms with Gasteiger partial charge in [0, 0.05) is 18.7 Å². The van der Waals surface area contributed by atoms with Crippen molar-refractivity contribution >= 4 is 27.3 Å². The van der Waals surface area contributed by atoms with E-state index in [0.29, 0.717) is 34.8 Å². The lowest BCUT2D eigenvalue weighted by molar-refractivity contribution is 0.0992. The molecule has 1 aliphatic rings. The van der Waals surface area contributed by atoms with Crippen molar-refractivity contribution in [2.24, 2.45) is 0 Å². The molecule has 1 atom stereocenters. The Hall–Kier alpha value is -2.35. The fourth-order valence-corrected chi connectivity index (χ4v) is 4.76. The minimum Gasteiger partial charge on any atom is -0.359 e. The number of hydrogen-bond acceptors (Lipinski definition) is 5. The largest absolute Gasteiger partial charge is 0.359 e. The first-order valence-electron chi connectivity index (χ1n) is 7.94. The number of amides is 1. The van der Waals surface area contributed by atoms with Crippen molar-refractivity contribution in [2.45, 2.75) is 33.2 Å². The third kappa shape index (κ3) is 2.90. The number of benzene rings is 1. The molecule has 0 radical (unpaired) electrons. The number of nitrogens with zero attached hydrogens (tertiary/aromatic N) is 3. The van der Waals surface area contributed by atoms with Gasteiger partial charge in [0.05, 0.1) is 11.9 Å².